The van der Waals surface area contributed by atoms with E-state index in [-0.39, 0.29) is 0 Å². The Morgan fingerprint density at radius 2 is 2.83 bits per heavy atom. The second-order valence-corrected chi connectivity index (χ2v) is 3.09. The summed E-state index contributed by atoms with van der Waals surface area (Å²) in [6.07, 6.45) is 0. The molecule has 0 aromatic rings. The van der Waals surface area contributed by atoms with Crippen molar-refractivity contribution in [2.45, 2.75) is 4.83 Å². The van der Waals surface area contributed by atoms with Crippen molar-refractivity contribution < 1.29 is 0 Å². The van der Waals surface area contributed by atoms with Crippen LogP contribution in [0.5, 0.6) is 0 Å². The molecule has 0 aliphatic carbocycles. The summed E-state index contributed by atoms with van der Waals surface area (Å²) in [5.41, 5.74) is 0. The highest BCUT2D eigenvalue weighted by molar-refractivity contribution is 9.09. The van der Waals surface area contributed by atoms with E-state index in [1.165, 1.54) is 0 Å². The third kappa shape index (κ3) is 1.13. The van der Waals surface area contributed by atoms with E-state index >= 15 is 0 Å². The average molecular weight is 167 g/mol. The zero-order chi connectivity index (χ0) is 4.41. The predicted octanol–water partition coefficient (Wildman–Crippen LogP) is 1.16. The van der Waals surface area contributed by atoms with Gasteiger partial charge in [-0.3, -0.25) is 4.72 Å². The third-order valence-electron chi connectivity index (χ3n) is 0.577. The minimum atomic E-state index is 0.586. The number of alkyl halides is 1. The van der Waals surface area contributed by atoms with Gasteiger partial charge < -0.3 is 0 Å². The van der Waals surface area contributed by atoms with E-state index in [1.807, 2.05) is 0 Å². The Labute approximate surface area is 50.1 Å². The lowest BCUT2D eigenvalue weighted by molar-refractivity contribution is 0.999. The predicted molar refractivity (Wildman–Crippen MR) is 32.6 cm³/mol. The molecule has 1 nitrogen and oxygen atoms in total. The van der Waals surface area contributed by atoms with Crippen LogP contribution in [0, 0.1) is 5.75 Å². The molecule has 1 aliphatic rings. The zero-order valence-electron chi connectivity index (χ0n) is 3.15. The van der Waals surface area contributed by atoms with Gasteiger partial charge >= 0.3 is 0 Å². The first-order valence-electron chi connectivity index (χ1n) is 1.75. The Morgan fingerprint density at radius 3 is 3.00 bits per heavy atom. The van der Waals surface area contributed by atoms with Gasteiger partial charge in [-0.05, 0) is 0 Å². The Balaban J connectivity index is 2.18. The van der Waals surface area contributed by atoms with Crippen LogP contribution in [-0.2, 0) is 0 Å². The molecular formula is C3H5BrNS. The maximum atomic E-state index is 3.40. The average Bonchev–Trinajstić information content (AvgIpc) is 1.86. The van der Waals surface area contributed by atoms with Crippen molar-refractivity contribution in [3.63, 3.8) is 0 Å². The lowest BCUT2D eigenvalue weighted by Gasteiger charge is -1.85. The van der Waals surface area contributed by atoms with Crippen LogP contribution < -0.4 is 4.72 Å². The van der Waals surface area contributed by atoms with Crippen LogP contribution in [0.25, 0.3) is 0 Å². The van der Waals surface area contributed by atoms with Crippen molar-refractivity contribution in [2.75, 3.05) is 6.54 Å². The van der Waals surface area contributed by atoms with Gasteiger partial charge in [0.2, 0.25) is 0 Å². The first-order chi connectivity index (χ1) is 2.89. The fourth-order valence-electron chi connectivity index (χ4n) is 0.298. The van der Waals surface area contributed by atoms with Crippen LogP contribution in [-0.4, -0.2) is 11.4 Å². The lowest BCUT2D eigenvalue weighted by atomic mass is 10.5. The second kappa shape index (κ2) is 2.19. The molecule has 1 rings (SSSR count). The molecule has 1 unspecified atom stereocenters. The van der Waals surface area contributed by atoms with E-state index in [9.17, 15) is 0 Å². The van der Waals surface area contributed by atoms with Crippen LogP contribution in [0.3, 0.4) is 0 Å². The molecule has 3 heteroatoms. The molecule has 6 heavy (non-hydrogen) atoms. The molecule has 0 saturated carbocycles. The van der Waals surface area contributed by atoms with Crippen LogP contribution in [0.2, 0.25) is 0 Å². The van der Waals surface area contributed by atoms with Gasteiger partial charge in [-0.2, -0.15) is 0 Å². The summed E-state index contributed by atoms with van der Waals surface area (Å²) in [7, 11) is 0. The molecule has 0 spiro atoms. The normalized spacial score (nSPS) is 34.5. The minimum absolute atomic E-state index is 0.586. The number of hydrogen-bond acceptors (Lipinski definition) is 2. The van der Waals surface area contributed by atoms with Gasteiger partial charge in [0.1, 0.15) is 0 Å². The fourth-order valence-corrected chi connectivity index (χ4v) is 1.61. The number of halogens is 1. The van der Waals surface area contributed by atoms with E-state index < -0.39 is 0 Å². The van der Waals surface area contributed by atoms with Crippen molar-refractivity contribution >= 4 is 27.9 Å². The zero-order valence-corrected chi connectivity index (χ0v) is 5.55. The summed E-state index contributed by atoms with van der Waals surface area (Å²) in [4.78, 5) is 0.586. The van der Waals surface area contributed by atoms with Crippen molar-refractivity contribution in [1.29, 1.82) is 0 Å². The molecule has 1 fully saturated rings. The van der Waals surface area contributed by atoms with E-state index in [0.717, 1.165) is 6.54 Å². The SMILES string of the molecule is BrC1[CH]SNC1. The van der Waals surface area contributed by atoms with Gasteiger partial charge in [-0.1, -0.05) is 27.9 Å². The largest absolute Gasteiger partial charge is 0.263 e. The van der Waals surface area contributed by atoms with Crippen molar-refractivity contribution in [3.8, 4) is 0 Å². The number of rotatable bonds is 0. The van der Waals surface area contributed by atoms with Gasteiger partial charge in [0.15, 0.2) is 0 Å². The van der Waals surface area contributed by atoms with E-state index in [2.05, 4.69) is 26.4 Å². The van der Waals surface area contributed by atoms with Crippen molar-refractivity contribution in [3.05, 3.63) is 5.75 Å². The molecule has 1 saturated heterocycles. The van der Waals surface area contributed by atoms with Gasteiger partial charge in [-0.15, -0.1) is 0 Å². The highest BCUT2D eigenvalue weighted by atomic mass is 79.9. The Bertz CT molecular complexity index is 44.1. The lowest BCUT2D eigenvalue weighted by Crippen LogP contribution is -2.03. The van der Waals surface area contributed by atoms with E-state index in [1.54, 1.807) is 11.9 Å². The molecule has 1 aliphatic heterocycles. The van der Waals surface area contributed by atoms with Gasteiger partial charge in [-0.25, -0.2) is 0 Å². The summed E-state index contributed by atoms with van der Waals surface area (Å²) in [6, 6.07) is 0. The fraction of sp³-hybridized carbons (Fsp3) is 0.667. The van der Waals surface area contributed by atoms with Crippen molar-refractivity contribution in [2.24, 2.45) is 0 Å². The molecule has 0 amide bonds. The highest BCUT2D eigenvalue weighted by Gasteiger charge is 2.09. The molecule has 0 aromatic heterocycles. The van der Waals surface area contributed by atoms with Crippen LogP contribution in [0.1, 0.15) is 0 Å². The topological polar surface area (TPSA) is 12.0 Å². The number of nitrogens with one attached hydrogen (secondary N) is 1. The highest BCUT2D eigenvalue weighted by Crippen LogP contribution is 2.18. The second-order valence-electron chi connectivity index (χ2n) is 1.12. The Morgan fingerprint density at radius 1 is 2.00 bits per heavy atom. The standard InChI is InChI=1S/C3H5BrNS/c4-3-1-5-6-2-3/h2-3,5H,1H2. The molecule has 1 N–H and O–H groups in total. The smallest absolute Gasteiger partial charge is 0.0473 e. The molecule has 35 valence electrons. The van der Waals surface area contributed by atoms with Crippen LogP contribution in [0.15, 0.2) is 0 Å². The minimum Gasteiger partial charge on any atom is -0.263 e. The molecular weight excluding hydrogens is 162 g/mol. The summed E-state index contributed by atoms with van der Waals surface area (Å²) in [6.45, 7) is 1.06. The van der Waals surface area contributed by atoms with E-state index in [4.69, 9.17) is 0 Å². The molecule has 1 radical (unpaired) electrons. The van der Waals surface area contributed by atoms with Gasteiger partial charge in [0.25, 0.3) is 0 Å². The Hall–Kier alpha value is 0.790. The quantitative estimate of drug-likeness (QED) is 0.429. The summed E-state index contributed by atoms with van der Waals surface area (Å²) in [5.74, 6) is 2.12. The summed E-state index contributed by atoms with van der Waals surface area (Å²) < 4.78 is 3.09. The molecule has 1 atom stereocenters. The van der Waals surface area contributed by atoms with Crippen LogP contribution in [0.4, 0.5) is 0 Å². The first-order valence-corrected chi connectivity index (χ1v) is 3.55. The molecule has 0 bridgehead atoms. The molecule has 1 heterocycles. The van der Waals surface area contributed by atoms with Crippen molar-refractivity contribution in [1.82, 2.24) is 4.72 Å². The van der Waals surface area contributed by atoms with Crippen LogP contribution >= 0.6 is 27.9 Å². The first kappa shape index (κ1) is 4.94. The summed E-state index contributed by atoms with van der Waals surface area (Å²) in [5, 5.41) is 0. The Kier molecular flexibility index (Phi) is 1.80. The number of hydrogen-bond donors (Lipinski definition) is 1. The van der Waals surface area contributed by atoms with Gasteiger partial charge in [0, 0.05) is 17.1 Å². The third-order valence-corrected chi connectivity index (χ3v) is 2.31. The summed E-state index contributed by atoms with van der Waals surface area (Å²) >= 11 is 5.06. The maximum Gasteiger partial charge on any atom is 0.0473 e. The molecule has 0 aromatic carbocycles. The van der Waals surface area contributed by atoms with Gasteiger partial charge in [0.05, 0.1) is 0 Å². The van der Waals surface area contributed by atoms with E-state index in [0.29, 0.717) is 4.83 Å². The monoisotopic (exact) mass is 166 g/mol. The maximum absolute atomic E-state index is 3.40.